The number of benzene rings is 2. The first kappa shape index (κ1) is 26.0. The smallest absolute Gasteiger partial charge is 0.343 e. The Bertz CT molecular complexity index is 1210. The van der Waals surface area contributed by atoms with Gasteiger partial charge < -0.3 is 36.5 Å². The van der Waals surface area contributed by atoms with E-state index in [4.69, 9.17) is 31.2 Å². The summed E-state index contributed by atoms with van der Waals surface area (Å²) in [5.41, 5.74) is 13.2. The Hall–Kier alpha value is -4.61. The summed E-state index contributed by atoms with van der Waals surface area (Å²) in [5.74, 6) is -3.49. The number of aryl methyl sites for hydroxylation is 2. The average molecular weight is 498 g/mol. The number of nitrogens with two attached hydrogens (primary N) is 2. The van der Waals surface area contributed by atoms with E-state index in [0.29, 0.717) is 42.0 Å². The Morgan fingerprint density at radius 1 is 1.08 bits per heavy atom. The topological polar surface area (TPSA) is 204 Å². The number of carboxylic acid groups (broad SMARTS) is 2. The Labute approximate surface area is 205 Å². The number of amides is 1. The summed E-state index contributed by atoms with van der Waals surface area (Å²) in [7, 11) is 0. The molecule has 1 heterocycles. The van der Waals surface area contributed by atoms with E-state index >= 15 is 0 Å². The lowest BCUT2D eigenvalue weighted by Gasteiger charge is -2.17. The average Bonchev–Trinajstić information content (AvgIpc) is 2.80. The van der Waals surface area contributed by atoms with Gasteiger partial charge in [-0.05, 0) is 60.7 Å². The van der Waals surface area contributed by atoms with E-state index in [2.05, 4.69) is 10.3 Å². The number of hydrogen-bond acceptors (Lipinski definition) is 7. The normalized spacial score (nSPS) is 13.6. The third-order valence-electron chi connectivity index (χ3n) is 5.28. The molecule has 0 spiro atoms. The molecule has 2 aromatic carbocycles. The quantitative estimate of drug-likeness (QED) is 0.152. The van der Waals surface area contributed by atoms with E-state index < -0.39 is 36.3 Å². The molecule has 0 saturated heterocycles. The van der Waals surface area contributed by atoms with Crippen LogP contribution in [0.5, 0.6) is 11.5 Å². The maximum atomic E-state index is 12.8. The number of aliphatic imine (C=N–C) groups is 1. The van der Waals surface area contributed by atoms with Crippen LogP contribution in [0.2, 0.25) is 0 Å². The number of aliphatic carboxylic acids is 2. The number of carbonyl (C=O) groups excluding carboxylic acids is 2. The molecule has 3 rings (SSSR count). The molecule has 0 aliphatic carbocycles. The molecule has 1 aliphatic rings. The van der Waals surface area contributed by atoms with Gasteiger partial charge in [-0.25, -0.2) is 14.6 Å². The van der Waals surface area contributed by atoms with Crippen molar-refractivity contribution in [1.82, 2.24) is 5.32 Å². The van der Waals surface area contributed by atoms with Gasteiger partial charge in [-0.15, -0.1) is 0 Å². The van der Waals surface area contributed by atoms with Crippen LogP contribution >= 0.6 is 0 Å². The van der Waals surface area contributed by atoms with E-state index in [1.165, 1.54) is 0 Å². The van der Waals surface area contributed by atoms with Crippen molar-refractivity contribution in [3.8, 4) is 11.5 Å². The number of nitrogens with zero attached hydrogens (tertiary/aromatic N) is 1. The van der Waals surface area contributed by atoms with Crippen LogP contribution in [-0.2, 0) is 27.2 Å². The largest absolute Gasteiger partial charge is 0.490 e. The Morgan fingerprint density at radius 2 is 1.86 bits per heavy atom. The Kier molecular flexibility index (Phi) is 8.44. The lowest BCUT2D eigenvalue weighted by molar-refractivity contribution is -0.147. The van der Waals surface area contributed by atoms with Gasteiger partial charge in [0.1, 0.15) is 6.04 Å². The molecule has 12 nitrogen and oxygen atoms in total. The molecule has 190 valence electrons. The van der Waals surface area contributed by atoms with Crippen molar-refractivity contribution in [3.63, 3.8) is 0 Å². The molecule has 12 heteroatoms. The zero-order valence-electron chi connectivity index (χ0n) is 19.2. The van der Waals surface area contributed by atoms with Crippen molar-refractivity contribution in [3.05, 3.63) is 53.1 Å². The summed E-state index contributed by atoms with van der Waals surface area (Å²) >= 11 is 0. The van der Waals surface area contributed by atoms with Crippen LogP contribution in [0.3, 0.4) is 0 Å². The molecule has 0 radical (unpaired) electrons. The first-order valence-electron chi connectivity index (χ1n) is 11.1. The highest BCUT2D eigenvalue weighted by molar-refractivity contribution is 5.93. The second-order valence-corrected chi connectivity index (χ2v) is 8.06. The molecular formula is C24H26N4O8. The number of carboxylic acids is 2. The van der Waals surface area contributed by atoms with Crippen molar-refractivity contribution < 1.29 is 38.9 Å². The van der Waals surface area contributed by atoms with Gasteiger partial charge in [-0.2, -0.15) is 0 Å². The number of esters is 1. The van der Waals surface area contributed by atoms with E-state index in [-0.39, 0.29) is 24.6 Å². The number of carbonyl (C=O) groups is 4. The predicted octanol–water partition coefficient (Wildman–Crippen LogP) is 1.11. The predicted molar refractivity (Wildman–Crippen MR) is 127 cm³/mol. The standard InChI is InChI=1S/C24H26N4O8/c25-24(26)27-15-5-6-16-14(11-15)2-1-9-35-19-10-13(3-7-18(19)36-23(16)34)4-8-20(29)28-17(22(32)33)12-21(30)31/h3,5-7,10-11,17H,1-2,4,8-9,12H2,(H,28,29)(H,30,31)(H,32,33)(H4,25,26,27)/t17-/m0/s1. The SMILES string of the molecule is NC(N)=Nc1ccc2c(c1)CCCOc1cc(CCC(=O)N[C@@H](CC(=O)O)C(=O)O)ccc1OC2=O. The van der Waals surface area contributed by atoms with Crippen LogP contribution < -0.4 is 26.3 Å². The third kappa shape index (κ3) is 7.19. The Balaban J connectivity index is 1.71. The highest BCUT2D eigenvalue weighted by Gasteiger charge is 2.23. The number of fused-ring (bicyclic) bond motifs is 2. The molecule has 1 amide bonds. The fourth-order valence-corrected chi connectivity index (χ4v) is 3.61. The zero-order chi connectivity index (χ0) is 26.2. The van der Waals surface area contributed by atoms with E-state index in [0.717, 1.165) is 5.56 Å². The molecule has 0 unspecified atom stereocenters. The summed E-state index contributed by atoms with van der Waals surface area (Å²) in [5, 5.41) is 20.0. The first-order chi connectivity index (χ1) is 17.1. The summed E-state index contributed by atoms with van der Waals surface area (Å²) in [4.78, 5) is 50.9. The highest BCUT2D eigenvalue weighted by atomic mass is 16.6. The van der Waals surface area contributed by atoms with Crippen molar-refractivity contribution >= 4 is 35.5 Å². The van der Waals surface area contributed by atoms with E-state index in [9.17, 15) is 19.2 Å². The van der Waals surface area contributed by atoms with Crippen molar-refractivity contribution in [1.29, 1.82) is 0 Å². The summed E-state index contributed by atoms with van der Waals surface area (Å²) in [6.07, 6.45) is 0.546. The molecule has 0 fully saturated rings. The van der Waals surface area contributed by atoms with Gasteiger partial charge in [-0.3, -0.25) is 9.59 Å². The highest BCUT2D eigenvalue weighted by Crippen LogP contribution is 2.32. The fraction of sp³-hybridized carbons (Fsp3) is 0.292. The summed E-state index contributed by atoms with van der Waals surface area (Å²) < 4.78 is 11.4. The van der Waals surface area contributed by atoms with Crippen LogP contribution in [0.25, 0.3) is 0 Å². The lowest BCUT2D eigenvalue weighted by atomic mass is 10.0. The van der Waals surface area contributed by atoms with Gasteiger partial charge in [0.05, 0.1) is 24.3 Å². The minimum Gasteiger partial charge on any atom is -0.490 e. The zero-order valence-corrected chi connectivity index (χ0v) is 19.2. The molecule has 0 aromatic heterocycles. The van der Waals surface area contributed by atoms with Crippen LogP contribution in [0.4, 0.5) is 5.69 Å². The maximum absolute atomic E-state index is 12.8. The molecule has 0 saturated carbocycles. The van der Waals surface area contributed by atoms with Gasteiger partial charge in [0.25, 0.3) is 0 Å². The molecule has 7 N–H and O–H groups in total. The number of guanidine groups is 1. The van der Waals surface area contributed by atoms with Crippen LogP contribution in [0.1, 0.15) is 40.7 Å². The number of rotatable bonds is 8. The van der Waals surface area contributed by atoms with E-state index in [1.807, 2.05) is 0 Å². The number of nitrogens with one attached hydrogen (secondary N) is 1. The lowest BCUT2D eigenvalue weighted by Crippen LogP contribution is -2.42. The van der Waals surface area contributed by atoms with Crippen molar-refractivity contribution in [2.45, 2.75) is 38.1 Å². The first-order valence-corrected chi connectivity index (χ1v) is 11.1. The Morgan fingerprint density at radius 3 is 2.56 bits per heavy atom. The van der Waals surface area contributed by atoms with Crippen LogP contribution in [-0.4, -0.2) is 52.6 Å². The van der Waals surface area contributed by atoms with Crippen molar-refractivity contribution in [2.24, 2.45) is 16.5 Å². The summed E-state index contributed by atoms with van der Waals surface area (Å²) in [6.45, 7) is 0.329. The van der Waals surface area contributed by atoms with Gasteiger partial charge in [-0.1, -0.05) is 6.07 Å². The minimum atomic E-state index is -1.51. The van der Waals surface area contributed by atoms with Crippen LogP contribution in [0, 0.1) is 0 Å². The van der Waals surface area contributed by atoms with Crippen molar-refractivity contribution in [2.75, 3.05) is 6.61 Å². The second kappa shape index (κ2) is 11.7. The molecule has 2 aromatic rings. The number of hydrogen-bond donors (Lipinski definition) is 5. The third-order valence-corrected chi connectivity index (χ3v) is 5.28. The summed E-state index contributed by atoms with van der Waals surface area (Å²) in [6, 6.07) is 8.28. The van der Waals surface area contributed by atoms with Gasteiger partial charge in [0, 0.05) is 6.42 Å². The van der Waals surface area contributed by atoms with Gasteiger partial charge >= 0.3 is 17.9 Å². The maximum Gasteiger partial charge on any atom is 0.343 e. The number of ether oxygens (including phenoxy) is 2. The molecule has 1 atom stereocenters. The molecular weight excluding hydrogens is 472 g/mol. The molecule has 36 heavy (non-hydrogen) atoms. The molecule has 1 aliphatic heterocycles. The minimum absolute atomic E-state index is 0.0759. The molecule has 0 bridgehead atoms. The monoisotopic (exact) mass is 498 g/mol. The van der Waals surface area contributed by atoms with Gasteiger partial charge in [0.15, 0.2) is 17.5 Å². The second-order valence-electron chi connectivity index (χ2n) is 8.06. The van der Waals surface area contributed by atoms with Gasteiger partial charge in [0.2, 0.25) is 5.91 Å². The van der Waals surface area contributed by atoms with Crippen LogP contribution in [0.15, 0.2) is 41.4 Å². The van der Waals surface area contributed by atoms with E-state index in [1.54, 1.807) is 36.4 Å². The fourth-order valence-electron chi connectivity index (χ4n) is 3.61.